The lowest BCUT2D eigenvalue weighted by molar-refractivity contribution is 0.0685. The Morgan fingerprint density at radius 1 is 1.33 bits per heavy atom. The van der Waals surface area contributed by atoms with Gasteiger partial charge < -0.3 is 14.7 Å². The van der Waals surface area contributed by atoms with Gasteiger partial charge in [-0.05, 0) is 68.2 Å². The fraction of sp³-hybridized carbons (Fsp3) is 0.632. The molecular weight excluding hydrogens is 326 g/mol. The van der Waals surface area contributed by atoms with Crippen molar-refractivity contribution in [3.05, 3.63) is 34.3 Å². The van der Waals surface area contributed by atoms with Gasteiger partial charge in [0.25, 0.3) is 0 Å². The van der Waals surface area contributed by atoms with E-state index in [2.05, 4.69) is 6.07 Å². The van der Waals surface area contributed by atoms with E-state index in [1.807, 2.05) is 30.9 Å². The molecule has 3 rings (SSSR count). The molecule has 0 spiro atoms. The zero-order valence-electron chi connectivity index (χ0n) is 14.4. The van der Waals surface area contributed by atoms with Crippen LogP contribution in [0.5, 0.6) is 0 Å². The quantitative estimate of drug-likeness (QED) is 0.858. The summed E-state index contributed by atoms with van der Waals surface area (Å²) in [6, 6.07) is 6.35. The van der Waals surface area contributed by atoms with Gasteiger partial charge in [-0.1, -0.05) is 24.6 Å². The SMILES string of the molecule is CCOC(=O)N1C2CCC1CC(c1ccc(Cl)cc1C(O)CC)C2. The van der Waals surface area contributed by atoms with Gasteiger partial charge in [-0.2, -0.15) is 0 Å². The van der Waals surface area contributed by atoms with Crippen molar-refractivity contribution >= 4 is 17.7 Å². The third-order valence-electron chi connectivity index (χ3n) is 5.45. The van der Waals surface area contributed by atoms with Gasteiger partial charge >= 0.3 is 6.09 Å². The highest BCUT2D eigenvalue weighted by Gasteiger charge is 2.44. The summed E-state index contributed by atoms with van der Waals surface area (Å²) >= 11 is 6.15. The second-order valence-electron chi connectivity index (χ2n) is 6.86. The minimum Gasteiger partial charge on any atom is -0.450 e. The van der Waals surface area contributed by atoms with Gasteiger partial charge in [0, 0.05) is 17.1 Å². The van der Waals surface area contributed by atoms with Crippen LogP contribution in [-0.4, -0.2) is 34.8 Å². The Kier molecular flexibility index (Phi) is 5.36. The highest BCUT2D eigenvalue weighted by Crippen LogP contribution is 2.45. The van der Waals surface area contributed by atoms with Crippen LogP contribution in [-0.2, 0) is 4.74 Å². The number of aliphatic hydroxyl groups excluding tert-OH is 1. The van der Waals surface area contributed by atoms with Gasteiger partial charge in [0.1, 0.15) is 0 Å². The topological polar surface area (TPSA) is 49.8 Å². The Bertz CT molecular complexity index is 592. The molecule has 2 bridgehead atoms. The second kappa shape index (κ2) is 7.32. The molecule has 2 heterocycles. The first-order valence-corrected chi connectivity index (χ1v) is 9.35. The summed E-state index contributed by atoms with van der Waals surface area (Å²) in [6.07, 6.45) is 3.95. The monoisotopic (exact) mass is 351 g/mol. The molecule has 2 fully saturated rings. The van der Waals surface area contributed by atoms with E-state index < -0.39 is 6.10 Å². The molecule has 5 heteroatoms. The Morgan fingerprint density at radius 3 is 2.58 bits per heavy atom. The second-order valence-corrected chi connectivity index (χ2v) is 7.29. The lowest BCUT2D eigenvalue weighted by Gasteiger charge is -2.39. The summed E-state index contributed by atoms with van der Waals surface area (Å²) in [4.78, 5) is 14.2. The molecule has 0 aromatic heterocycles. The molecule has 3 atom stereocenters. The minimum atomic E-state index is -0.487. The van der Waals surface area contributed by atoms with Crippen LogP contribution < -0.4 is 0 Å². The summed E-state index contributed by atoms with van der Waals surface area (Å²) in [6.45, 7) is 4.24. The minimum absolute atomic E-state index is 0.173. The molecule has 132 valence electrons. The summed E-state index contributed by atoms with van der Waals surface area (Å²) in [5.74, 6) is 0.363. The predicted molar refractivity (Wildman–Crippen MR) is 94.3 cm³/mol. The number of hydrogen-bond donors (Lipinski definition) is 1. The number of hydrogen-bond acceptors (Lipinski definition) is 3. The van der Waals surface area contributed by atoms with Gasteiger partial charge in [0.05, 0.1) is 12.7 Å². The maximum atomic E-state index is 12.2. The molecule has 4 nitrogen and oxygen atoms in total. The summed E-state index contributed by atoms with van der Waals surface area (Å²) in [5, 5.41) is 11.0. The van der Waals surface area contributed by atoms with Crippen LogP contribution in [0.1, 0.15) is 69.1 Å². The Hall–Kier alpha value is -1.26. The van der Waals surface area contributed by atoms with Crippen LogP contribution in [0.3, 0.4) is 0 Å². The molecule has 24 heavy (non-hydrogen) atoms. The predicted octanol–water partition coefficient (Wildman–Crippen LogP) is 4.65. The smallest absolute Gasteiger partial charge is 0.410 e. The van der Waals surface area contributed by atoms with E-state index in [4.69, 9.17) is 16.3 Å². The number of piperidine rings is 1. The van der Waals surface area contributed by atoms with Gasteiger partial charge in [-0.25, -0.2) is 4.79 Å². The number of carbonyl (C=O) groups excluding carboxylic acids is 1. The standard InChI is InChI=1S/C19H26ClNO3/c1-3-18(22)17-11-13(20)5-8-16(17)12-9-14-6-7-15(10-12)21(14)19(23)24-4-2/h5,8,11-12,14-15,18,22H,3-4,6-7,9-10H2,1-2H3. The van der Waals surface area contributed by atoms with Crippen molar-refractivity contribution < 1.29 is 14.6 Å². The third-order valence-corrected chi connectivity index (χ3v) is 5.68. The molecule has 0 aliphatic carbocycles. The number of aliphatic hydroxyl groups is 1. The average molecular weight is 352 g/mol. The van der Waals surface area contributed by atoms with E-state index in [0.29, 0.717) is 24.0 Å². The van der Waals surface area contributed by atoms with Gasteiger partial charge in [-0.3, -0.25) is 0 Å². The van der Waals surface area contributed by atoms with Gasteiger partial charge in [-0.15, -0.1) is 0 Å². The molecule has 1 amide bonds. The van der Waals surface area contributed by atoms with E-state index in [0.717, 1.165) is 31.2 Å². The molecule has 1 N–H and O–H groups in total. The lowest BCUT2D eigenvalue weighted by Crippen LogP contribution is -2.46. The van der Waals surface area contributed by atoms with E-state index >= 15 is 0 Å². The Morgan fingerprint density at radius 2 is 2.00 bits per heavy atom. The number of carbonyl (C=O) groups is 1. The first-order valence-electron chi connectivity index (χ1n) is 8.97. The molecule has 3 unspecified atom stereocenters. The van der Waals surface area contributed by atoms with E-state index in [-0.39, 0.29) is 18.2 Å². The van der Waals surface area contributed by atoms with Crippen LogP contribution in [0.15, 0.2) is 18.2 Å². The maximum absolute atomic E-state index is 12.2. The number of halogens is 1. The highest BCUT2D eigenvalue weighted by molar-refractivity contribution is 6.30. The highest BCUT2D eigenvalue weighted by atomic mass is 35.5. The molecule has 1 aromatic rings. The number of amides is 1. The number of fused-ring (bicyclic) bond motifs is 2. The van der Waals surface area contributed by atoms with Crippen molar-refractivity contribution in [3.63, 3.8) is 0 Å². The first kappa shape index (κ1) is 17.6. The summed E-state index contributed by atoms with van der Waals surface area (Å²) < 4.78 is 5.23. The molecule has 2 aliphatic heterocycles. The molecular formula is C19H26ClNO3. The molecule has 0 saturated carbocycles. The van der Waals surface area contributed by atoms with Gasteiger partial charge in [0.15, 0.2) is 0 Å². The first-order chi connectivity index (χ1) is 11.5. The van der Waals surface area contributed by atoms with Crippen LogP contribution in [0.25, 0.3) is 0 Å². The maximum Gasteiger partial charge on any atom is 0.410 e. The van der Waals surface area contributed by atoms with Crippen LogP contribution in [0.4, 0.5) is 4.79 Å². The van der Waals surface area contributed by atoms with Crippen molar-refractivity contribution in [1.82, 2.24) is 4.90 Å². The largest absolute Gasteiger partial charge is 0.450 e. The van der Waals surface area contributed by atoms with E-state index in [1.54, 1.807) is 0 Å². The zero-order valence-corrected chi connectivity index (χ0v) is 15.1. The fourth-order valence-electron chi connectivity index (χ4n) is 4.35. The fourth-order valence-corrected chi connectivity index (χ4v) is 4.53. The molecule has 2 aliphatic rings. The Balaban J connectivity index is 1.83. The normalized spacial score (nSPS) is 27.2. The van der Waals surface area contributed by atoms with Crippen molar-refractivity contribution in [2.45, 2.75) is 70.1 Å². The van der Waals surface area contributed by atoms with Crippen molar-refractivity contribution in [2.24, 2.45) is 0 Å². The number of benzene rings is 1. The lowest BCUT2D eigenvalue weighted by atomic mass is 9.81. The summed E-state index contributed by atoms with van der Waals surface area (Å²) in [7, 11) is 0. The number of ether oxygens (including phenoxy) is 1. The number of nitrogens with zero attached hydrogens (tertiary/aromatic N) is 1. The molecule has 0 radical (unpaired) electrons. The van der Waals surface area contributed by atoms with E-state index in [9.17, 15) is 9.90 Å². The van der Waals surface area contributed by atoms with Crippen LogP contribution in [0.2, 0.25) is 5.02 Å². The number of rotatable bonds is 4. The average Bonchev–Trinajstić information content (AvgIpc) is 2.84. The molecule has 2 saturated heterocycles. The van der Waals surface area contributed by atoms with Crippen LogP contribution in [0, 0.1) is 0 Å². The summed E-state index contributed by atoms with van der Waals surface area (Å²) in [5.41, 5.74) is 2.13. The van der Waals surface area contributed by atoms with Crippen LogP contribution >= 0.6 is 11.6 Å². The van der Waals surface area contributed by atoms with E-state index in [1.165, 1.54) is 5.56 Å². The molecule has 1 aromatic carbocycles. The van der Waals surface area contributed by atoms with Crippen molar-refractivity contribution in [3.8, 4) is 0 Å². The van der Waals surface area contributed by atoms with Crippen molar-refractivity contribution in [2.75, 3.05) is 6.61 Å². The third kappa shape index (κ3) is 3.27. The van der Waals surface area contributed by atoms with Gasteiger partial charge in [0.2, 0.25) is 0 Å². The zero-order chi connectivity index (χ0) is 17.3. The Labute approximate surface area is 148 Å². The van der Waals surface area contributed by atoms with Crippen molar-refractivity contribution in [1.29, 1.82) is 0 Å².